The number of phenolic OH excluding ortho intramolecular Hbond substituents is 1. The van der Waals surface area contributed by atoms with Gasteiger partial charge in [0.15, 0.2) is 0 Å². The molecule has 1 aliphatic carbocycles. The molecule has 0 atom stereocenters. The topological polar surface area (TPSA) is 82.8 Å². The Labute approximate surface area is 175 Å². The molecular weight excluding hydrogens is 380 g/mol. The number of hydrogen-bond donors (Lipinski definition) is 2. The number of nitrogens with one attached hydrogen (secondary N) is 1. The van der Waals surface area contributed by atoms with Crippen LogP contribution in [0.15, 0.2) is 65.3 Å². The lowest BCUT2D eigenvalue weighted by Crippen LogP contribution is -2.30. The molecule has 2 aromatic carbocycles. The van der Waals surface area contributed by atoms with Crippen molar-refractivity contribution in [2.75, 3.05) is 0 Å². The molecule has 6 heteroatoms. The van der Waals surface area contributed by atoms with E-state index in [4.69, 9.17) is 4.42 Å². The van der Waals surface area contributed by atoms with Crippen molar-refractivity contribution in [3.8, 4) is 5.75 Å². The minimum atomic E-state index is -0.289. The van der Waals surface area contributed by atoms with Gasteiger partial charge in [-0.05, 0) is 61.7 Å². The van der Waals surface area contributed by atoms with Crippen LogP contribution in [0, 0.1) is 6.92 Å². The Kier molecular flexibility index (Phi) is 5.57. The van der Waals surface area contributed by atoms with Crippen molar-refractivity contribution >= 4 is 11.8 Å². The van der Waals surface area contributed by atoms with E-state index in [-0.39, 0.29) is 29.7 Å². The van der Waals surface area contributed by atoms with Crippen LogP contribution in [0.5, 0.6) is 5.75 Å². The average Bonchev–Trinajstić information content (AvgIpc) is 3.40. The summed E-state index contributed by atoms with van der Waals surface area (Å²) in [5.74, 6) is 0.235. The van der Waals surface area contributed by atoms with E-state index in [1.165, 1.54) is 6.07 Å². The molecule has 1 fully saturated rings. The fraction of sp³-hybridized carbons (Fsp3) is 0.250. The molecule has 0 radical (unpaired) electrons. The van der Waals surface area contributed by atoms with Crippen molar-refractivity contribution < 1.29 is 19.1 Å². The van der Waals surface area contributed by atoms with Crippen LogP contribution in [-0.2, 0) is 13.1 Å². The van der Waals surface area contributed by atoms with Gasteiger partial charge in [-0.3, -0.25) is 9.59 Å². The maximum absolute atomic E-state index is 13.2. The molecule has 0 aliphatic heterocycles. The number of furan rings is 1. The molecule has 1 aromatic heterocycles. The summed E-state index contributed by atoms with van der Waals surface area (Å²) >= 11 is 0. The maximum Gasteiger partial charge on any atom is 0.258 e. The Morgan fingerprint density at radius 2 is 1.87 bits per heavy atom. The minimum absolute atomic E-state index is 0.0536. The van der Waals surface area contributed by atoms with Crippen LogP contribution in [-0.4, -0.2) is 27.9 Å². The number of rotatable bonds is 7. The molecule has 2 amide bonds. The summed E-state index contributed by atoms with van der Waals surface area (Å²) in [4.78, 5) is 27.0. The Morgan fingerprint density at radius 3 is 2.53 bits per heavy atom. The Bertz CT molecular complexity index is 1040. The summed E-state index contributed by atoms with van der Waals surface area (Å²) in [6.07, 6.45) is 3.65. The zero-order chi connectivity index (χ0) is 21.1. The number of carbonyl (C=O) groups is 2. The lowest BCUT2D eigenvalue weighted by Gasteiger charge is -2.23. The molecule has 2 N–H and O–H groups in total. The highest BCUT2D eigenvalue weighted by molar-refractivity contribution is 5.97. The predicted molar refractivity (Wildman–Crippen MR) is 112 cm³/mol. The summed E-state index contributed by atoms with van der Waals surface area (Å²) < 4.78 is 5.43. The van der Waals surface area contributed by atoms with Gasteiger partial charge in [0, 0.05) is 18.2 Å². The van der Waals surface area contributed by atoms with Crippen LogP contribution in [0.3, 0.4) is 0 Å². The third-order valence-corrected chi connectivity index (χ3v) is 5.10. The Morgan fingerprint density at radius 1 is 1.10 bits per heavy atom. The predicted octanol–water partition coefficient (Wildman–Crippen LogP) is 4.03. The monoisotopic (exact) mass is 404 g/mol. The van der Waals surface area contributed by atoms with Crippen molar-refractivity contribution in [2.24, 2.45) is 0 Å². The summed E-state index contributed by atoms with van der Waals surface area (Å²) in [6, 6.07) is 16.1. The summed E-state index contributed by atoms with van der Waals surface area (Å²) in [6.45, 7) is 2.46. The van der Waals surface area contributed by atoms with E-state index in [9.17, 15) is 14.7 Å². The van der Waals surface area contributed by atoms with Crippen LogP contribution in [0.4, 0.5) is 0 Å². The smallest absolute Gasteiger partial charge is 0.258 e. The number of amides is 2. The highest BCUT2D eigenvalue weighted by Gasteiger charge is 2.24. The standard InChI is InChI=1S/C24H24N2O4/c1-16-4-11-22(27)21(13-16)24(29)26(15-20-3-2-12-30-20)14-17-5-7-18(8-6-17)23(28)25-19-9-10-19/h2-8,11-13,19,27H,9-10,14-15H2,1H3,(H,25,28). The van der Waals surface area contributed by atoms with Gasteiger partial charge in [0.1, 0.15) is 11.5 Å². The quantitative estimate of drug-likeness (QED) is 0.623. The number of nitrogens with zero attached hydrogens (tertiary/aromatic N) is 1. The van der Waals surface area contributed by atoms with E-state index >= 15 is 0 Å². The van der Waals surface area contributed by atoms with Crippen molar-refractivity contribution in [3.63, 3.8) is 0 Å². The molecule has 3 aromatic rings. The lowest BCUT2D eigenvalue weighted by molar-refractivity contribution is 0.0714. The fourth-order valence-corrected chi connectivity index (χ4v) is 3.26. The first kappa shape index (κ1) is 19.8. The van der Waals surface area contributed by atoms with Crippen molar-refractivity contribution in [3.05, 3.63) is 88.9 Å². The van der Waals surface area contributed by atoms with Crippen molar-refractivity contribution in [1.29, 1.82) is 0 Å². The second-order valence-corrected chi connectivity index (χ2v) is 7.71. The average molecular weight is 404 g/mol. The highest BCUT2D eigenvalue weighted by atomic mass is 16.3. The first-order valence-corrected chi connectivity index (χ1v) is 10.0. The number of phenols is 1. The van der Waals surface area contributed by atoms with Crippen LogP contribution < -0.4 is 5.32 Å². The van der Waals surface area contributed by atoms with E-state index in [0.29, 0.717) is 23.9 Å². The van der Waals surface area contributed by atoms with E-state index in [1.807, 2.05) is 25.1 Å². The lowest BCUT2D eigenvalue weighted by atomic mass is 10.1. The van der Waals surface area contributed by atoms with Gasteiger partial charge in [0.25, 0.3) is 11.8 Å². The van der Waals surface area contributed by atoms with E-state index in [2.05, 4.69) is 5.32 Å². The third-order valence-electron chi connectivity index (χ3n) is 5.10. The van der Waals surface area contributed by atoms with E-state index in [1.54, 1.807) is 41.5 Å². The molecule has 154 valence electrons. The van der Waals surface area contributed by atoms with Gasteiger partial charge >= 0.3 is 0 Å². The number of aromatic hydroxyl groups is 1. The Hall–Kier alpha value is -3.54. The number of carbonyl (C=O) groups excluding carboxylic acids is 2. The minimum Gasteiger partial charge on any atom is -0.507 e. The van der Waals surface area contributed by atoms with Gasteiger partial charge in [0.2, 0.25) is 0 Å². The number of benzene rings is 2. The van der Waals surface area contributed by atoms with Gasteiger partial charge in [-0.15, -0.1) is 0 Å². The SMILES string of the molecule is Cc1ccc(O)c(C(=O)N(Cc2ccc(C(=O)NC3CC3)cc2)Cc2ccco2)c1. The summed E-state index contributed by atoms with van der Waals surface area (Å²) in [5.41, 5.74) is 2.62. The highest BCUT2D eigenvalue weighted by Crippen LogP contribution is 2.23. The van der Waals surface area contributed by atoms with Crippen molar-refractivity contribution in [2.45, 2.75) is 38.9 Å². The van der Waals surface area contributed by atoms with Crippen LogP contribution in [0.25, 0.3) is 0 Å². The number of aryl methyl sites for hydroxylation is 1. The number of hydrogen-bond acceptors (Lipinski definition) is 4. The van der Waals surface area contributed by atoms with Crippen molar-refractivity contribution in [1.82, 2.24) is 10.2 Å². The maximum atomic E-state index is 13.2. The van der Waals surface area contributed by atoms with Gasteiger partial charge in [0.05, 0.1) is 18.4 Å². The van der Waals surface area contributed by atoms with Gasteiger partial charge in [-0.25, -0.2) is 0 Å². The molecular formula is C24H24N2O4. The molecule has 4 rings (SSSR count). The molecule has 0 bridgehead atoms. The normalized spacial score (nSPS) is 13.1. The first-order chi connectivity index (χ1) is 14.5. The largest absolute Gasteiger partial charge is 0.507 e. The van der Waals surface area contributed by atoms with Crippen LogP contribution in [0.1, 0.15) is 50.4 Å². The molecule has 6 nitrogen and oxygen atoms in total. The first-order valence-electron chi connectivity index (χ1n) is 10.0. The second kappa shape index (κ2) is 8.45. The molecule has 1 saturated carbocycles. The summed E-state index contributed by atoms with van der Waals surface area (Å²) in [5, 5.41) is 13.2. The van der Waals surface area contributed by atoms with Gasteiger partial charge < -0.3 is 19.7 Å². The zero-order valence-corrected chi connectivity index (χ0v) is 16.8. The Balaban J connectivity index is 1.54. The third kappa shape index (κ3) is 4.71. The van der Waals surface area contributed by atoms with Crippen LogP contribution >= 0.6 is 0 Å². The molecule has 0 saturated heterocycles. The van der Waals surface area contributed by atoms with Crippen LogP contribution in [0.2, 0.25) is 0 Å². The second-order valence-electron chi connectivity index (χ2n) is 7.71. The molecule has 0 spiro atoms. The van der Waals surface area contributed by atoms with Gasteiger partial charge in [-0.1, -0.05) is 23.8 Å². The van der Waals surface area contributed by atoms with E-state index < -0.39 is 0 Å². The molecule has 0 unspecified atom stereocenters. The molecule has 30 heavy (non-hydrogen) atoms. The molecule has 1 aliphatic rings. The fourth-order valence-electron chi connectivity index (χ4n) is 3.26. The van der Waals surface area contributed by atoms with Gasteiger partial charge in [-0.2, -0.15) is 0 Å². The zero-order valence-electron chi connectivity index (χ0n) is 16.8. The summed E-state index contributed by atoms with van der Waals surface area (Å²) in [7, 11) is 0. The van der Waals surface area contributed by atoms with E-state index in [0.717, 1.165) is 24.0 Å². The molecule has 1 heterocycles.